The summed E-state index contributed by atoms with van der Waals surface area (Å²) in [6.07, 6.45) is -2.19. The van der Waals surface area contributed by atoms with Crippen molar-refractivity contribution < 1.29 is 8.78 Å². The van der Waals surface area contributed by atoms with Gasteiger partial charge in [-0.15, -0.1) is 24.8 Å². The van der Waals surface area contributed by atoms with Gasteiger partial charge in [0.15, 0.2) is 0 Å². The summed E-state index contributed by atoms with van der Waals surface area (Å²) in [5.41, 5.74) is 0. The number of rotatable bonds is 2. The normalized spacial score (nSPS) is 23.5. The van der Waals surface area contributed by atoms with Crippen LogP contribution < -0.4 is 5.32 Å². The maximum atomic E-state index is 11.9. The first kappa shape index (κ1) is 15.8. The second-order valence-electron chi connectivity index (χ2n) is 3.01. The molecule has 0 bridgehead atoms. The number of alkyl halides is 2. The maximum absolute atomic E-state index is 11.9. The molecule has 1 heterocycles. The van der Waals surface area contributed by atoms with Gasteiger partial charge in [-0.05, 0) is 6.92 Å². The van der Waals surface area contributed by atoms with Gasteiger partial charge in [0.1, 0.15) is 0 Å². The number of hydrogen-bond donors (Lipinski definition) is 1. The van der Waals surface area contributed by atoms with Gasteiger partial charge in [-0.2, -0.15) is 0 Å². The predicted molar refractivity (Wildman–Crippen MR) is 54.4 cm³/mol. The number of nitrogens with one attached hydrogen (secondary N) is 1. The minimum Gasteiger partial charge on any atom is -0.312 e. The third kappa shape index (κ3) is 6.43. The van der Waals surface area contributed by atoms with Crippen molar-refractivity contribution in [3.63, 3.8) is 0 Å². The SMILES string of the molecule is C[C@@H]1CN(CC(F)F)CCN1.Cl.Cl. The number of piperazine rings is 1. The summed E-state index contributed by atoms with van der Waals surface area (Å²) in [6, 6.07) is 0.350. The van der Waals surface area contributed by atoms with Crippen LogP contribution in [0.5, 0.6) is 0 Å². The zero-order chi connectivity index (χ0) is 8.27. The molecule has 0 radical (unpaired) electrons. The number of nitrogens with zero attached hydrogens (tertiary/aromatic N) is 1. The lowest BCUT2D eigenvalue weighted by molar-refractivity contribution is 0.0747. The van der Waals surface area contributed by atoms with E-state index in [1.165, 1.54) is 0 Å². The first-order valence-electron chi connectivity index (χ1n) is 3.92. The number of hydrogen-bond acceptors (Lipinski definition) is 2. The minimum atomic E-state index is -2.19. The van der Waals surface area contributed by atoms with Crippen LogP contribution in [-0.4, -0.2) is 43.5 Å². The van der Waals surface area contributed by atoms with Crippen LogP contribution in [0.4, 0.5) is 8.78 Å². The lowest BCUT2D eigenvalue weighted by atomic mass is 10.2. The Morgan fingerprint density at radius 1 is 1.46 bits per heavy atom. The first-order chi connectivity index (χ1) is 5.18. The van der Waals surface area contributed by atoms with Crippen LogP contribution in [0.1, 0.15) is 6.92 Å². The van der Waals surface area contributed by atoms with E-state index >= 15 is 0 Å². The van der Waals surface area contributed by atoms with Gasteiger partial charge in [0.25, 0.3) is 6.43 Å². The van der Waals surface area contributed by atoms with E-state index in [9.17, 15) is 8.78 Å². The standard InChI is InChI=1S/C7H14F2N2.2ClH/c1-6-4-11(3-2-10-6)5-7(8)9;;/h6-7,10H,2-5H2,1H3;2*1H/t6-;;/m1../s1. The second kappa shape index (κ2) is 7.74. The van der Waals surface area contributed by atoms with Gasteiger partial charge in [0.2, 0.25) is 0 Å². The van der Waals surface area contributed by atoms with E-state index in [-0.39, 0.29) is 31.4 Å². The summed E-state index contributed by atoms with van der Waals surface area (Å²) >= 11 is 0. The maximum Gasteiger partial charge on any atom is 0.251 e. The molecule has 1 atom stereocenters. The van der Waals surface area contributed by atoms with Crippen LogP contribution in [0.15, 0.2) is 0 Å². The molecule has 82 valence electrons. The summed E-state index contributed by atoms with van der Waals surface area (Å²) in [5, 5.41) is 3.20. The molecule has 2 nitrogen and oxygen atoms in total. The second-order valence-corrected chi connectivity index (χ2v) is 3.01. The van der Waals surface area contributed by atoms with Crippen molar-refractivity contribution in [3.8, 4) is 0 Å². The lowest BCUT2D eigenvalue weighted by Gasteiger charge is -2.31. The largest absolute Gasteiger partial charge is 0.312 e. The third-order valence-corrected chi connectivity index (χ3v) is 1.85. The van der Waals surface area contributed by atoms with Crippen molar-refractivity contribution >= 4 is 24.8 Å². The van der Waals surface area contributed by atoms with E-state index < -0.39 is 6.43 Å². The molecule has 1 N–H and O–H groups in total. The summed E-state index contributed by atoms with van der Waals surface area (Å²) in [5.74, 6) is 0. The Morgan fingerprint density at radius 2 is 2.08 bits per heavy atom. The zero-order valence-corrected chi connectivity index (χ0v) is 9.14. The Balaban J connectivity index is 0. The van der Waals surface area contributed by atoms with Crippen molar-refractivity contribution in [2.24, 2.45) is 0 Å². The molecule has 6 heteroatoms. The van der Waals surface area contributed by atoms with Gasteiger partial charge < -0.3 is 5.32 Å². The van der Waals surface area contributed by atoms with Crippen LogP contribution in [0.25, 0.3) is 0 Å². The lowest BCUT2D eigenvalue weighted by Crippen LogP contribution is -2.50. The Kier molecular flexibility index (Phi) is 9.41. The van der Waals surface area contributed by atoms with Gasteiger partial charge in [-0.1, -0.05) is 0 Å². The predicted octanol–water partition coefficient (Wildman–Crippen LogP) is 1.39. The van der Waals surface area contributed by atoms with Crippen molar-refractivity contribution in [1.29, 1.82) is 0 Å². The van der Waals surface area contributed by atoms with Crippen molar-refractivity contribution in [1.82, 2.24) is 10.2 Å². The average molecular weight is 237 g/mol. The highest BCUT2D eigenvalue weighted by molar-refractivity contribution is 5.85. The molecule has 0 aromatic carbocycles. The molecule has 0 aromatic heterocycles. The van der Waals surface area contributed by atoms with E-state index in [1.54, 1.807) is 4.90 Å². The molecule has 0 unspecified atom stereocenters. The van der Waals surface area contributed by atoms with Gasteiger partial charge in [-0.3, -0.25) is 4.90 Å². The fraction of sp³-hybridized carbons (Fsp3) is 1.00. The van der Waals surface area contributed by atoms with Crippen molar-refractivity contribution in [2.45, 2.75) is 19.4 Å². The molecule has 1 saturated heterocycles. The fourth-order valence-electron chi connectivity index (χ4n) is 1.37. The Hall–Kier alpha value is 0.360. The van der Waals surface area contributed by atoms with Gasteiger partial charge >= 0.3 is 0 Å². The topological polar surface area (TPSA) is 15.3 Å². The van der Waals surface area contributed by atoms with E-state index in [4.69, 9.17) is 0 Å². The van der Waals surface area contributed by atoms with E-state index in [0.29, 0.717) is 6.04 Å². The van der Waals surface area contributed by atoms with Crippen molar-refractivity contribution in [2.75, 3.05) is 26.2 Å². The molecular weight excluding hydrogens is 221 g/mol. The molecule has 13 heavy (non-hydrogen) atoms. The van der Waals surface area contributed by atoms with E-state index in [0.717, 1.165) is 19.6 Å². The smallest absolute Gasteiger partial charge is 0.251 e. The molecular formula is C7H16Cl2F2N2. The zero-order valence-electron chi connectivity index (χ0n) is 7.50. The van der Waals surface area contributed by atoms with Crippen LogP contribution in [-0.2, 0) is 0 Å². The molecule has 1 aliphatic heterocycles. The van der Waals surface area contributed by atoms with Gasteiger partial charge in [0, 0.05) is 25.7 Å². The Morgan fingerprint density at radius 3 is 2.54 bits per heavy atom. The highest BCUT2D eigenvalue weighted by atomic mass is 35.5. The van der Waals surface area contributed by atoms with Crippen LogP contribution >= 0.6 is 24.8 Å². The minimum absolute atomic E-state index is 0. The average Bonchev–Trinajstić information content (AvgIpc) is 1.85. The molecule has 1 rings (SSSR count). The van der Waals surface area contributed by atoms with Crippen LogP contribution in [0.2, 0.25) is 0 Å². The van der Waals surface area contributed by atoms with Gasteiger partial charge in [-0.25, -0.2) is 8.78 Å². The monoisotopic (exact) mass is 236 g/mol. The van der Waals surface area contributed by atoms with Gasteiger partial charge in [0.05, 0.1) is 6.54 Å². The van der Waals surface area contributed by atoms with E-state index in [1.807, 2.05) is 6.92 Å². The Labute approximate surface area is 89.9 Å². The quantitative estimate of drug-likeness (QED) is 0.780. The third-order valence-electron chi connectivity index (χ3n) is 1.85. The summed E-state index contributed by atoms with van der Waals surface area (Å²) in [7, 11) is 0. The highest BCUT2D eigenvalue weighted by Crippen LogP contribution is 2.02. The molecule has 0 spiro atoms. The summed E-state index contributed by atoms with van der Waals surface area (Å²) in [4.78, 5) is 1.80. The summed E-state index contributed by atoms with van der Waals surface area (Å²) in [6.45, 7) is 4.25. The molecule has 1 aliphatic rings. The number of halogens is 4. The van der Waals surface area contributed by atoms with E-state index in [2.05, 4.69) is 5.32 Å². The molecule has 0 aromatic rings. The van der Waals surface area contributed by atoms with Crippen LogP contribution in [0.3, 0.4) is 0 Å². The first-order valence-corrected chi connectivity index (χ1v) is 3.92. The molecule has 1 fully saturated rings. The Bertz CT molecular complexity index is 125. The highest BCUT2D eigenvalue weighted by Gasteiger charge is 2.18. The van der Waals surface area contributed by atoms with Crippen LogP contribution in [0, 0.1) is 0 Å². The molecule has 0 aliphatic carbocycles. The fourth-order valence-corrected chi connectivity index (χ4v) is 1.37. The van der Waals surface area contributed by atoms with Crippen molar-refractivity contribution in [3.05, 3.63) is 0 Å². The summed E-state index contributed by atoms with van der Waals surface area (Å²) < 4.78 is 23.8. The molecule has 0 saturated carbocycles. The molecule has 0 amide bonds.